The Morgan fingerprint density at radius 3 is 2.75 bits per heavy atom. The lowest BCUT2D eigenvalue weighted by Crippen LogP contribution is -2.44. The van der Waals surface area contributed by atoms with E-state index in [1.807, 2.05) is 25.1 Å². The van der Waals surface area contributed by atoms with Crippen LogP contribution in [0.3, 0.4) is 0 Å². The van der Waals surface area contributed by atoms with Gasteiger partial charge in [0.1, 0.15) is 6.10 Å². The summed E-state index contributed by atoms with van der Waals surface area (Å²) in [6.45, 7) is 6.08. The molecule has 144 valence electrons. The van der Waals surface area contributed by atoms with Crippen molar-refractivity contribution in [3.05, 3.63) is 58.1 Å². The Morgan fingerprint density at radius 1 is 1.11 bits per heavy atom. The molecule has 1 aromatic heterocycles. The third kappa shape index (κ3) is 3.16. The van der Waals surface area contributed by atoms with E-state index < -0.39 is 0 Å². The van der Waals surface area contributed by atoms with Gasteiger partial charge in [-0.3, -0.25) is 0 Å². The molecule has 0 N–H and O–H groups in total. The maximum absolute atomic E-state index is 12.8. The zero-order valence-corrected chi connectivity index (χ0v) is 17.0. The number of hydrogen-bond acceptors (Lipinski definition) is 6. The van der Waals surface area contributed by atoms with Crippen molar-refractivity contribution in [2.24, 2.45) is 0 Å². The van der Waals surface area contributed by atoms with Crippen LogP contribution in [-0.4, -0.2) is 49.1 Å². The number of ether oxygens (including phenoxy) is 1. The van der Waals surface area contributed by atoms with Crippen LogP contribution in [0.25, 0.3) is 10.2 Å². The number of nitrogens with zero attached hydrogens (tertiary/aromatic N) is 3. The number of rotatable bonds is 2. The van der Waals surface area contributed by atoms with Gasteiger partial charge in [-0.05, 0) is 49.4 Å². The average Bonchev–Trinajstić information content (AvgIpc) is 3.07. The SMILES string of the molecule is Cc1nc2ccc(C3Cc4ccc(N5CCN(C)CC5)cc4C(=O)O3)cc2s1. The Balaban J connectivity index is 1.41. The summed E-state index contributed by atoms with van der Waals surface area (Å²) < 4.78 is 6.97. The van der Waals surface area contributed by atoms with Gasteiger partial charge < -0.3 is 14.5 Å². The van der Waals surface area contributed by atoms with Gasteiger partial charge in [-0.2, -0.15) is 0 Å². The number of esters is 1. The van der Waals surface area contributed by atoms with Gasteiger partial charge in [0, 0.05) is 38.3 Å². The van der Waals surface area contributed by atoms with Crippen molar-refractivity contribution in [2.45, 2.75) is 19.4 Å². The molecule has 1 saturated heterocycles. The minimum absolute atomic E-state index is 0.220. The summed E-state index contributed by atoms with van der Waals surface area (Å²) in [6.07, 6.45) is 0.481. The van der Waals surface area contributed by atoms with E-state index >= 15 is 0 Å². The van der Waals surface area contributed by atoms with Gasteiger partial charge in [0.05, 0.1) is 20.8 Å². The predicted molar refractivity (Wildman–Crippen MR) is 112 cm³/mol. The number of fused-ring (bicyclic) bond motifs is 2. The molecule has 1 unspecified atom stereocenters. The van der Waals surface area contributed by atoms with Crippen molar-refractivity contribution in [3.8, 4) is 0 Å². The maximum Gasteiger partial charge on any atom is 0.339 e. The number of benzene rings is 2. The summed E-state index contributed by atoms with van der Waals surface area (Å²) in [5.41, 5.74) is 4.94. The first-order valence-corrected chi connectivity index (χ1v) is 10.5. The van der Waals surface area contributed by atoms with Gasteiger partial charge in [-0.25, -0.2) is 9.78 Å². The van der Waals surface area contributed by atoms with Crippen LogP contribution in [0.1, 0.15) is 32.6 Å². The zero-order valence-electron chi connectivity index (χ0n) is 16.1. The molecule has 0 aliphatic carbocycles. The summed E-state index contributed by atoms with van der Waals surface area (Å²) >= 11 is 1.67. The lowest BCUT2D eigenvalue weighted by molar-refractivity contribution is 0.0253. The third-order valence-electron chi connectivity index (χ3n) is 5.73. The van der Waals surface area contributed by atoms with Gasteiger partial charge >= 0.3 is 5.97 Å². The quantitative estimate of drug-likeness (QED) is 0.620. The number of piperazine rings is 1. The molecule has 28 heavy (non-hydrogen) atoms. The van der Waals surface area contributed by atoms with Crippen LogP contribution in [0.15, 0.2) is 36.4 Å². The molecule has 0 saturated carbocycles. The largest absolute Gasteiger partial charge is 0.454 e. The second-order valence-electron chi connectivity index (χ2n) is 7.69. The number of carbonyl (C=O) groups excluding carboxylic acids is 1. The number of hydrogen-bond donors (Lipinski definition) is 0. The third-order valence-corrected chi connectivity index (χ3v) is 6.66. The second kappa shape index (κ2) is 6.87. The normalized spacial score (nSPS) is 20.3. The van der Waals surface area contributed by atoms with Crippen LogP contribution in [0.4, 0.5) is 5.69 Å². The maximum atomic E-state index is 12.8. The topological polar surface area (TPSA) is 45.7 Å². The van der Waals surface area contributed by atoms with Crippen LogP contribution in [-0.2, 0) is 11.2 Å². The predicted octanol–water partition coefficient (Wildman–Crippen LogP) is 3.81. The molecule has 1 atom stereocenters. The lowest BCUT2D eigenvalue weighted by Gasteiger charge is -2.35. The van der Waals surface area contributed by atoms with Gasteiger partial charge in [0.15, 0.2) is 0 Å². The number of anilines is 1. The first-order valence-electron chi connectivity index (χ1n) is 9.71. The number of carbonyl (C=O) groups is 1. The van der Waals surface area contributed by atoms with E-state index in [-0.39, 0.29) is 12.1 Å². The molecular weight excluding hydrogens is 370 g/mol. The molecule has 2 aliphatic heterocycles. The molecule has 0 bridgehead atoms. The average molecular weight is 394 g/mol. The first kappa shape index (κ1) is 17.6. The Morgan fingerprint density at radius 2 is 1.93 bits per heavy atom. The molecule has 1 fully saturated rings. The highest BCUT2D eigenvalue weighted by molar-refractivity contribution is 7.18. The van der Waals surface area contributed by atoms with Gasteiger partial charge in [0.2, 0.25) is 0 Å². The second-order valence-corrected chi connectivity index (χ2v) is 8.92. The summed E-state index contributed by atoms with van der Waals surface area (Å²) in [5.74, 6) is -0.220. The summed E-state index contributed by atoms with van der Waals surface area (Å²) in [6, 6.07) is 12.4. The van der Waals surface area contributed by atoms with Crippen LogP contribution >= 0.6 is 11.3 Å². The highest BCUT2D eigenvalue weighted by atomic mass is 32.1. The van der Waals surface area contributed by atoms with Crippen molar-refractivity contribution in [1.82, 2.24) is 9.88 Å². The van der Waals surface area contributed by atoms with E-state index in [4.69, 9.17) is 4.74 Å². The molecule has 6 heteroatoms. The summed E-state index contributed by atoms with van der Waals surface area (Å²) in [5, 5.41) is 1.05. The fourth-order valence-electron chi connectivity index (χ4n) is 4.07. The molecule has 3 aromatic rings. The van der Waals surface area contributed by atoms with Gasteiger partial charge in [0.25, 0.3) is 0 Å². The monoisotopic (exact) mass is 393 g/mol. The van der Waals surface area contributed by atoms with Crippen LogP contribution in [0.2, 0.25) is 0 Å². The number of aryl methyl sites for hydroxylation is 1. The van der Waals surface area contributed by atoms with Crippen LogP contribution in [0.5, 0.6) is 0 Å². The molecule has 2 aliphatic rings. The fraction of sp³-hybridized carbons (Fsp3) is 0.364. The van der Waals surface area contributed by atoms with E-state index in [0.29, 0.717) is 12.0 Å². The number of aromatic nitrogens is 1. The number of likely N-dealkylation sites (N-methyl/N-ethyl adjacent to an activating group) is 1. The van der Waals surface area contributed by atoms with Gasteiger partial charge in [-0.15, -0.1) is 11.3 Å². The fourth-order valence-corrected chi connectivity index (χ4v) is 4.95. The number of cyclic esters (lactones) is 1. The minimum atomic E-state index is -0.235. The summed E-state index contributed by atoms with van der Waals surface area (Å²) in [4.78, 5) is 22.0. The first-order chi connectivity index (χ1) is 13.6. The Bertz CT molecular complexity index is 1050. The zero-order chi connectivity index (χ0) is 19.3. The molecule has 0 amide bonds. The summed E-state index contributed by atoms with van der Waals surface area (Å²) in [7, 11) is 2.15. The lowest BCUT2D eigenvalue weighted by atomic mass is 9.94. The van der Waals surface area contributed by atoms with E-state index in [0.717, 1.165) is 58.2 Å². The Kier molecular flexibility index (Phi) is 4.33. The van der Waals surface area contributed by atoms with Gasteiger partial charge in [-0.1, -0.05) is 12.1 Å². The van der Waals surface area contributed by atoms with E-state index in [2.05, 4.69) is 40.0 Å². The van der Waals surface area contributed by atoms with Crippen molar-refractivity contribution in [1.29, 1.82) is 0 Å². The van der Waals surface area contributed by atoms with E-state index in [1.165, 1.54) is 0 Å². The van der Waals surface area contributed by atoms with Crippen molar-refractivity contribution in [2.75, 3.05) is 38.1 Å². The molecule has 0 spiro atoms. The number of thiazole rings is 1. The molecular formula is C22H23N3O2S. The highest BCUT2D eigenvalue weighted by Gasteiger charge is 2.29. The highest BCUT2D eigenvalue weighted by Crippen LogP contribution is 2.34. The molecule has 3 heterocycles. The molecule has 5 nitrogen and oxygen atoms in total. The van der Waals surface area contributed by atoms with Crippen molar-refractivity contribution < 1.29 is 9.53 Å². The minimum Gasteiger partial charge on any atom is -0.454 e. The Labute approximate surface area is 168 Å². The standard InChI is InChI=1S/C22H23N3O2S/c1-14-23-19-6-4-16(12-21(19)28-14)20-11-15-3-5-17(13-18(15)22(26)27-20)25-9-7-24(2)8-10-25/h3-6,12-13,20H,7-11H2,1-2H3. The van der Waals surface area contributed by atoms with Crippen LogP contribution < -0.4 is 4.90 Å². The van der Waals surface area contributed by atoms with Crippen molar-refractivity contribution in [3.63, 3.8) is 0 Å². The molecule has 0 radical (unpaired) electrons. The van der Waals surface area contributed by atoms with E-state index in [1.54, 1.807) is 11.3 Å². The van der Waals surface area contributed by atoms with E-state index in [9.17, 15) is 4.79 Å². The molecule has 5 rings (SSSR count). The smallest absolute Gasteiger partial charge is 0.339 e. The van der Waals surface area contributed by atoms with Crippen molar-refractivity contribution >= 4 is 33.2 Å². The van der Waals surface area contributed by atoms with Crippen LogP contribution in [0, 0.1) is 6.92 Å². The molecule has 2 aromatic carbocycles. The Hall–Kier alpha value is -2.44.